The number of carbonyl (C=O) groups is 1. The maximum atomic E-state index is 12.5. The molecule has 0 spiro atoms. The van der Waals surface area contributed by atoms with Crippen molar-refractivity contribution < 1.29 is 19.0 Å². The zero-order valence-electron chi connectivity index (χ0n) is 14.6. The van der Waals surface area contributed by atoms with Gasteiger partial charge in [0.2, 0.25) is 0 Å². The van der Waals surface area contributed by atoms with E-state index >= 15 is 0 Å². The lowest BCUT2D eigenvalue weighted by Crippen LogP contribution is -2.50. The number of ether oxygens (including phenoxy) is 3. The summed E-state index contributed by atoms with van der Waals surface area (Å²) in [4.78, 5) is 14.8. The average Bonchev–Trinajstić information content (AvgIpc) is 2.59. The van der Waals surface area contributed by atoms with Gasteiger partial charge in [-0.3, -0.25) is 4.90 Å². The summed E-state index contributed by atoms with van der Waals surface area (Å²) in [6.45, 7) is 9.02. The Hall–Kier alpha value is -1.43. The molecule has 132 valence electrons. The van der Waals surface area contributed by atoms with E-state index in [0.717, 1.165) is 39.3 Å². The summed E-state index contributed by atoms with van der Waals surface area (Å²) in [5.41, 5.74) is 0.343. The van der Waals surface area contributed by atoms with Crippen LogP contribution < -0.4 is 0 Å². The highest BCUT2D eigenvalue weighted by Crippen LogP contribution is 2.31. The fourth-order valence-electron chi connectivity index (χ4n) is 3.35. The van der Waals surface area contributed by atoms with Crippen molar-refractivity contribution in [1.29, 1.82) is 0 Å². The zero-order chi connectivity index (χ0) is 17.0. The molecule has 0 aliphatic carbocycles. The summed E-state index contributed by atoms with van der Waals surface area (Å²) in [6.07, 6.45) is 0.602. The van der Waals surface area contributed by atoms with Crippen molar-refractivity contribution in [2.75, 3.05) is 39.5 Å². The summed E-state index contributed by atoms with van der Waals surface area (Å²) in [5.74, 6) is -0.0472. The Balaban J connectivity index is 1.66. The minimum absolute atomic E-state index is 0.121. The van der Waals surface area contributed by atoms with Crippen LogP contribution in [-0.4, -0.2) is 62.0 Å². The van der Waals surface area contributed by atoms with Crippen LogP contribution in [0, 0.1) is 5.92 Å². The number of rotatable bonds is 4. The Morgan fingerprint density at radius 1 is 1.25 bits per heavy atom. The molecule has 24 heavy (non-hydrogen) atoms. The van der Waals surface area contributed by atoms with E-state index in [-0.39, 0.29) is 23.6 Å². The smallest absolute Gasteiger partial charge is 0.338 e. The standard InChI is InChI=1S/C19H27NO4/c1-19(2)12-17(24-18(21)15-6-4-3-5-7-15)16(14-23-19)13-20-8-10-22-11-9-20/h3-7,16-17H,8-14H2,1-2H3/t16-,17-/m1/s1. The quantitative estimate of drug-likeness (QED) is 0.792. The summed E-state index contributed by atoms with van der Waals surface area (Å²) >= 11 is 0. The van der Waals surface area contributed by atoms with Gasteiger partial charge in [-0.15, -0.1) is 0 Å². The van der Waals surface area contributed by atoms with Gasteiger partial charge in [0.25, 0.3) is 0 Å². The molecular formula is C19H27NO4. The molecule has 2 atom stereocenters. The van der Waals surface area contributed by atoms with Crippen LogP contribution in [0.2, 0.25) is 0 Å². The van der Waals surface area contributed by atoms with E-state index in [4.69, 9.17) is 14.2 Å². The van der Waals surface area contributed by atoms with Crippen LogP contribution >= 0.6 is 0 Å². The maximum absolute atomic E-state index is 12.5. The van der Waals surface area contributed by atoms with Gasteiger partial charge in [0.05, 0.1) is 31.0 Å². The predicted octanol–water partition coefficient (Wildman–Crippen LogP) is 2.36. The molecule has 2 fully saturated rings. The van der Waals surface area contributed by atoms with Crippen molar-refractivity contribution in [3.8, 4) is 0 Å². The van der Waals surface area contributed by atoms with E-state index in [9.17, 15) is 4.79 Å². The maximum Gasteiger partial charge on any atom is 0.338 e. The lowest BCUT2D eigenvalue weighted by atomic mass is 9.88. The van der Waals surface area contributed by atoms with E-state index in [0.29, 0.717) is 12.2 Å². The second-order valence-electron chi connectivity index (χ2n) is 7.26. The first-order valence-corrected chi connectivity index (χ1v) is 8.74. The van der Waals surface area contributed by atoms with Gasteiger partial charge >= 0.3 is 5.97 Å². The third kappa shape index (κ3) is 4.56. The van der Waals surface area contributed by atoms with Gasteiger partial charge in [-0.05, 0) is 26.0 Å². The second kappa shape index (κ2) is 7.64. The summed E-state index contributed by atoms with van der Waals surface area (Å²) < 4.78 is 17.3. The van der Waals surface area contributed by atoms with E-state index in [1.807, 2.05) is 18.2 Å². The molecule has 0 amide bonds. The molecule has 0 N–H and O–H groups in total. The largest absolute Gasteiger partial charge is 0.458 e. The van der Waals surface area contributed by atoms with E-state index < -0.39 is 0 Å². The van der Waals surface area contributed by atoms with Gasteiger partial charge < -0.3 is 14.2 Å². The van der Waals surface area contributed by atoms with E-state index in [2.05, 4.69) is 18.7 Å². The normalized spacial score (nSPS) is 27.6. The zero-order valence-corrected chi connectivity index (χ0v) is 14.6. The van der Waals surface area contributed by atoms with Crippen molar-refractivity contribution >= 4 is 5.97 Å². The minimum Gasteiger partial charge on any atom is -0.458 e. The van der Waals surface area contributed by atoms with Crippen LogP contribution in [-0.2, 0) is 14.2 Å². The number of morpholine rings is 1. The monoisotopic (exact) mass is 333 g/mol. The Labute approximate surface area is 143 Å². The van der Waals surface area contributed by atoms with Gasteiger partial charge in [-0.25, -0.2) is 4.79 Å². The first-order chi connectivity index (χ1) is 11.5. The molecule has 2 heterocycles. The lowest BCUT2D eigenvalue weighted by Gasteiger charge is -2.42. The lowest BCUT2D eigenvalue weighted by molar-refractivity contribution is -0.139. The molecule has 0 radical (unpaired) electrons. The Bertz CT molecular complexity index is 540. The number of carbonyl (C=O) groups excluding carboxylic acids is 1. The first kappa shape index (κ1) is 17.4. The number of esters is 1. The number of benzene rings is 1. The van der Waals surface area contributed by atoms with Gasteiger partial charge in [-0.2, -0.15) is 0 Å². The molecule has 0 saturated carbocycles. The third-order valence-electron chi connectivity index (χ3n) is 4.77. The number of hydrogen-bond acceptors (Lipinski definition) is 5. The molecule has 2 saturated heterocycles. The van der Waals surface area contributed by atoms with Crippen LogP contribution in [0.5, 0.6) is 0 Å². The van der Waals surface area contributed by atoms with Crippen molar-refractivity contribution in [1.82, 2.24) is 4.90 Å². The SMILES string of the molecule is CC1(C)C[C@@H](OC(=O)c2ccccc2)[C@H](CN2CCOCC2)CO1. The second-order valence-corrected chi connectivity index (χ2v) is 7.26. The van der Waals surface area contributed by atoms with Crippen LogP contribution in [0.1, 0.15) is 30.6 Å². The molecule has 3 rings (SSSR count). The number of hydrogen-bond donors (Lipinski definition) is 0. The Morgan fingerprint density at radius 2 is 1.96 bits per heavy atom. The van der Waals surface area contributed by atoms with Gasteiger partial charge in [-0.1, -0.05) is 18.2 Å². The van der Waals surface area contributed by atoms with E-state index in [1.54, 1.807) is 12.1 Å². The highest BCUT2D eigenvalue weighted by molar-refractivity contribution is 5.89. The Kier molecular flexibility index (Phi) is 5.54. The summed E-state index contributed by atoms with van der Waals surface area (Å²) in [6, 6.07) is 9.20. The molecule has 0 unspecified atom stereocenters. The number of nitrogens with zero attached hydrogens (tertiary/aromatic N) is 1. The molecule has 0 bridgehead atoms. The summed E-state index contributed by atoms with van der Waals surface area (Å²) in [5, 5.41) is 0. The molecule has 5 nitrogen and oxygen atoms in total. The molecule has 1 aromatic carbocycles. The average molecular weight is 333 g/mol. The topological polar surface area (TPSA) is 48.0 Å². The fourth-order valence-corrected chi connectivity index (χ4v) is 3.35. The van der Waals surface area contributed by atoms with Crippen LogP contribution in [0.4, 0.5) is 0 Å². The van der Waals surface area contributed by atoms with E-state index in [1.165, 1.54) is 0 Å². The molecule has 5 heteroatoms. The molecular weight excluding hydrogens is 306 g/mol. The van der Waals surface area contributed by atoms with Crippen molar-refractivity contribution in [2.45, 2.75) is 32.0 Å². The minimum atomic E-state index is -0.261. The van der Waals surface area contributed by atoms with Crippen LogP contribution in [0.15, 0.2) is 30.3 Å². The molecule has 2 aliphatic heterocycles. The fraction of sp³-hybridized carbons (Fsp3) is 0.632. The van der Waals surface area contributed by atoms with Crippen LogP contribution in [0.25, 0.3) is 0 Å². The molecule has 0 aromatic heterocycles. The highest BCUT2D eigenvalue weighted by Gasteiger charge is 2.39. The van der Waals surface area contributed by atoms with Crippen molar-refractivity contribution in [2.24, 2.45) is 5.92 Å². The van der Waals surface area contributed by atoms with Crippen molar-refractivity contribution in [3.05, 3.63) is 35.9 Å². The predicted molar refractivity (Wildman–Crippen MR) is 91.0 cm³/mol. The molecule has 2 aliphatic rings. The van der Waals surface area contributed by atoms with Gasteiger partial charge in [0.1, 0.15) is 6.10 Å². The van der Waals surface area contributed by atoms with Gasteiger partial charge in [0.15, 0.2) is 0 Å². The summed E-state index contributed by atoms with van der Waals surface area (Å²) in [7, 11) is 0. The van der Waals surface area contributed by atoms with Gasteiger partial charge in [0, 0.05) is 32.0 Å². The molecule has 1 aromatic rings. The first-order valence-electron chi connectivity index (χ1n) is 8.74. The highest BCUT2D eigenvalue weighted by atomic mass is 16.6. The van der Waals surface area contributed by atoms with Crippen LogP contribution in [0.3, 0.4) is 0 Å². The third-order valence-corrected chi connectivity index (χ3v) is 4.77. The van der Waals surface area contributed by atoms with Crippen molar-refractivity contribution in [3.63, 3.8) is 0 Å². The Morgan fingerprint density at radius 3 is 2.67 bits per heavy atom.